The molecule has 0 unspecified atom stereocenters. The van der Waals surface area contributed by atoms with Gasteiger partial charge in [-0.25, -0.2) is 9.59 Å². The van der Waals surface area contributed by atoms with Crippen molar-refractivity contribution in [2.75, 3.05) is 33.4 Å². The number of nitrogens with zero attached hydrogens (tertiary/aromatic N) is 4. The summed E-state index contributed by atoms with van der Waals surface area (Å²) in [7, 11) is 1.64. The molecule has 230 valence electrons. The highest BCUT2D eigenvalue weighted by Gasteiger charge is 2.37. The van der Waals surface area contributed by atoms with E-state index in [1.54, 1.807) is 42.0 Å². The van der Waals surface area contributed by atoms with Gasteiger partial charge in [-0.05, 0) is 73.3 Å². The number of ether oxygens (including phenoxy) is 3. The summed E-state index contributed by atoms with van der Waals surface area (Å²) in [5.41, 5.74) is 0.369. The normalized spacial score (nSPS) is 15.4. The molecule has 11 heteroatoms. The van der Waals surface area contributed by atoms with Gasteiger partial charge in [-0.2, -0.15) is 5.26 Å². The first-order valence-corrected chi connectivity index (χ1v) is 14.7. The maximum Gasteiger partial charge on any atom is 0.412 e. The number of methoxy groups -OCH3 is 1. The molecule has 42 heavy (non-hydrogen) atoms. The number of hydrogen-bond donors (Lipinski definition) is 1. The zero-order valence-corrected chi connectivity index (χ0v) is 26.0. The third-order valence-corrected chi connectivity index (χ3v) is 7.10. The first-order chi connectivity index (χ1) is 19.9. The Hall–Kier alpha value is -3.78. The van der Waals surface area contributed by atoms with Gasteiger partial charge in [0.05, 0.1) is 17.1 Å². The van der Waals surface area contributed by atoms with E-state index >= 15 is 0 Å². The van der Waals surface area contributed by atoms with Gasteiger partial charge in [0.1, 0.15) is 17.4 Å². The Bertz CT molecular complexity index is 1310. The number of aryl methyl sites for hydroxylation is 1. The fourth-order valence-corrected chi connectivity index (χ4v) is 5.43. The van der Waals surface area contributed by atoms with Crippen LogP contribution >= 0.6 is 0 Å². The summed E-state index contributed by atoms with van der Waals surface area (Å²) in [6, 6.07) is 6.93. The van der Waals surface area contributed by atoms with Gasteiger partial charge in [0.15, 0.2) is 5.75 Å². The number of carbonyl (C=O) groups excluding carboxylic acids is 3. The molecule has 1 saturated heterocycles. The lowest BCUT2D eigenvalue weighted by atomic mass is 10.0. The molecule has 1 N–H and O–H groups in total. The molecule has 0 saturated carbocycles. The number of unbranched alkanes of at least 4 members (excludes halogenated alkanes) is 1. The van der Waals surface area contributed by atoms with Gasteiger partial charge in [-0.15, -0.1) is 0 Å². The van der Waals surface area contributed by atoms with Crippen molar-refractivity contribution in [3.05, 3.63) is 29.5 Å². The number of fused-ring (bicyclic) bond motifs is 1. The van der Waals surface area contributed by atoms with Crippen LogP contribution in [-0.2, 0) is 16.0 Å². The van der Waals surface area contributed by atoms with Gasteiger partial charge in [-0.3, -0.25) is 4.79 Å². The quantitative estimate of drug-likeness (QED) is 0.376. The summed E-state index contributed by atoms with van der Waals surface area (Å²) in [6.07, 6.45) is 1.83. The molecule has 0 bridgehead atoms. The van der Waals surface area contributed by atoms with Gasteiger partial charge in [-0.1, -0.05) is 12.1 Å². The summed E-state index contributed by atoms with van der Waals surface area (Å²) in [5.74, 6) is -0.0323. The van der Waals surface area contributed by atoms with Crippen LogP contribution in [0.3, 0.4) is 0 Å². The highest BCUT2D eigenvalue weighted by molar-refractivity contribution is 6.05. The lowest BCUT2D eigenvalue weighted by Crippen LogP contribution is -2.54. The number of hydrogen-bond acceptors (Lipinski definition) is 7. The molecule has 0 aliphatic carbocycles. The summed E-state index contributed by atoms with van der Waals surface area (Å²) in [5, 5.41) is 13.5. The van der Waals surface area contributed by atoms with Crippen LogP contribution in [0.1, 0.15) is 83.3 Å². The summed E-state index contributed by atoms with van der Waals surface area (Å²) in [6.45, 7) is 13.4. The monoisotopic (exact) mass is 583 g/mol. The minimum Gasteiger partial charge on any atom is -0.444 e. The fourth-order valence-electron chi connectivity index (χ4n) is 5.43. The Morgan fingerprint density at radius 2 is 1.95 bits per heavy atom. The minimum atomic E-state index is -0.628. The van der Waals surface area contributed by atoms with Crippen molar-refractivity contribution in [3.63, 3.8) is 0 Å². The van der Waals surface area contributed by atoms with Gasteiger partial charge >= 0.3 is 12.2 Å². The first-order valence-electron chi connectivity index (χ1n) is 14.7. The predicted molar refractivity (Wildman–Crippen MR) is 160 cm³/mol. The van der Waals surface area contributed by atoms with Crippen molar-refractivity contribution in [3.8, 4) is 11.8 Å². The molecule has 2 heterocycles. The molecule has 0 spiro atoms. The number of nitriles is 1. The van der Waals surface area contributed by atoms with Crippen LogP contribution < -0.4 is 10.1 Å². The van der Waals surface area contributed by atoms with Crippen molar-refractivity contribution in [1.29, 1.82) is 5.26 Å². The zero-order chi connectivity index (χ0) is 31.0. The minimum absolute atomic E-state index is 0.210. The standard InChI is InChI=1S/C31H45N5O6/c1-8-33-29(38)41-25-15-11-14-23-24(19-32)27(35(26(23)25)17-9-10-18-40-7)28(37)36(21(2)3)22-13-12-16-34(20-22)30(39)42-31(4,5)6/h11,14-15,21-22H,8-10,12-13,16-18,20H2,1-7H3,(H,33,38)/t22-/m1/s1. The van der Waals surface area contributed by atoms with Gasteiger partial charge in [0.25, 0.3) is 5.91 Å². The van der Waals surface area contributed by atoms with Crippen LogP contribution in [0.25, 0.3) is 10.9 Å². The molecule has 11 nitrogen and oxygen atoms in total. The molecule has 2 aromatic rings. The Labute approximate surface area is 248 Å². The second kappa shape index (κ2) is 14.4. The van der Waals surface area contributed by atoms with Crippen LogP contribution in [0.5, 0.6) is 5.75 Å². The number of amides is 3. The van der Waals surface area contributed by atoms with E-state index in [-0.39, 0.29) is 35.0 Å². The van der Waals surface area contributed by atoms with E-state index < -0.39 is 17.8 Å². The summed E-state index contributed by atoms with van der Waals surface area (Å²) < 4.78 is 18.3. The van der Waals surface area contributed by atoms with Crippen molar-refractivity contribution in [2.45, 2.75) is 91.5 Å². The van der Waals surface area contributed by atoms with E-state index in [1.165, 1.54) is 0 Å². The van der Waals surface area contributed by atoms with Crippen LogP contribution in [-0.4, -0.2) is 83.5 Å². The maximum absolute atomic E-state index is 14.6. The number of rotatable bonds is 10. The second-order valence-electron chi connectivity index (χ2n) is 11.8. The van der Waals surface area contributed by atoms with Crippen LogP contribution in [0.15, 0.2) is 18.2 Å². The van der Waals surface area contributed by atoms with E-state index in [9.17, 15) is 19.6 Å². The molecule has 1 fully saturated rings. The van der Waals surface area contributed by atoms with E-state index in [4.69, 9.17) is 14.2 Å². The Kier molecular flexibility index (Phi) is 11.2. The maximum atomic E-state index is 14.6. The lowest BCUT2D eigenvalue weighted by Gasteiger charge is -2.41. The third kappa shape index (κ3) is 7.73. The number of para-hydroxylation sites is 1. The van der Waals surface area contributed by atoms with Crippen LogP contribution in [0.2, 0.25) is 0 Å². The van der Waals surface area contributed by atoms with E-state index in [2.05, 4.69) is 11.4 Å². The van der Waals surface area contributed by atoms with Crippen molar-refractivity contribution < 1.29 is 28.6 Å². The molecule has 1 aliphatic rings. The first kappa shape index (κ1) is 32.7. The summed E-state index contributed by atoms with van der Waals surface area (Å²) >= 11 is 0. The molecular formula is C31H45N5O6. The molecule has 1 atom stereocenters. The van der Waals surface area contributed by atoms with Crippen LogP contribution in [0.4, 0.5) is 9.59 Å². The third-order valence-electron chi connectivity index (χ3n) is 7.10. The van der Waals surface area contributed by atoms with Crippen molar-refractivity contribution >= 4 is 29.0 Å². The molecule has 3 amide bonds. The number of piperidine rings is 1. The molecule has 0 radical (unpaired) electrons. The number of likely N-dealkylation sites (tertiary alicyclic amines) is 1. The average Bonchev–Trinajstić information content (AvgIpc) is 3.24. The number of aromatic nitrogens is 1. The molecule has 1 aromatic heterocycles. The number of carbonyl (C=O) groups is 3. The number of benzene rings is 1. The van der Waals surface area contributed by atoms with Crippen molar-refractivity contribution in [2.24, 2.45) is 0 Å². The SMILES string of the molecule is CCNC(=O)Oc1cccc2c(C#N)c(C(=O)N(C(C)C)[C@@H]3CCCN(C(=O)OC(C)(C)C)C3)n(CCCCOC)c12. The average molecular weight is 584 g/mol. The van der Waals surface area contributed by atoms with Gasteiger partial charge in [0, 0.05) is 51.3 Å². The lowest BCUT2D eigenvalue weighted by molar-refractivity contribution is 0.00732. The topological polar surface area (TPSA) is 126 Å². The zero-order valence-electron chi connectivity index (χ0n) is 26.0. The molecule has 1 aromatic carbocycles. The molecule has 3 rings (SSSR count). The fraction of sp³-hybridized carbons (Fsp3) is 0.613. The van der Waals surface area contributed by atoms with E-state index in [0.717, 1.165) is 12.8 Å². The smallest absolute Gasteiger partial charge is 0.412 e. The largest absolute Gasteiger partial charge is 0.444 e. The Morgan fingerprint density at radius 1 is 1.21 bits per heavy atom. The second-order valence-corrected chi connectivity index (χ2v) is 11.8. The van der Waals surface area contributed by atoms with E-state index in [1.807, 2.05) is 39.2 Å². The Balaban J connectivity index is 2.10. The van der Waals surface area contributed by atoms with Gasteiger partial charge in [0.2, 0.25) is 0 Å². The molecule has 1 aliphatic heterocycles. The highest BCUT2D eigenvalue weighted by Crippen LogP contribution is 2.35. The predicted octanol–water partition coefficient (Wildman–Crippen LogP) is 5.30. The van der Waals surface area contributed by atoms with Gasteiger partial charge < -0.3 is 33.9 Å². The molecular weight excluding hydrogens is 538 g/mol. The van der Waals surface area contributed by atoms with E-state index in [0.29, 0.717) is 56.5 Å². The Morgan fingerprint density at radius 3 is 2.57 bits per heavy atom. The summed E-state index contributed by atoms with van der Waals surface area (Å²) in [4.78, 5) is 43.3. The number of nitrogens with one attached hydrogen (secondary N) is 1. The van der Waals surface area contributed by atoms with Crippen LogP contribution in [0, 0.1) is 11.3 Å². The highest BCUT2D eigenvalue weighted by atomic mass is 16.6. The van der Waals surface area contributed by atoms with Crippen molar-refractivity contribution in [1.82, 2.24) is 19.7 Å².